The van der Waals surface area contributed by atoms with Gasteiger partial charge in [0.25, 0.3) is 5.91 Å². The van der Waals surface area contributed by atoms with Crippen LogP contribution in [0.3, 0.4) is 0 Å². The third-order valence-electron chi connectivity index (χ3n) is 3.50. The summed E-state index contributed by atoms with van der Waals surface area (Å²) >= 11 is 2.77. The first-order valence-electron chi connectivity index (χ1n) is 7.61. The molecule has 1 saturated heterocycles. The van der Waals surface area contributed by atoms with Gasteiger partial charge in [-0.3, -0.25) is 9.69 Å². The number of carbonyl (C=O) groups excluding carboxylic acids is 1. The van der Waals surface area contributed by atoms with Crippen molar-refractivity contribution in [3.8, 4) is 11.5 Å². The molecule has 25 heavy (non-hydrogen) atoms. The van der Waals surface area contributed by atoms with E-state index in [9.17, 15) is 9.90 Å². The van der Waals surface area contributed by atoms with Crippen molar-refractivity contribution in [2.75, 3.05) is 13.7 Å². The SMILES string of the molecule is CCN1C(=O)/C(=C/c2ccc(O)c(OC)c2)S/C1=N/c1nc(C)cs1. The Balaban J connectivity index is 1.93. The zero-order valence-corrected chi connectivity index (χ0v) is 15.6. The van der Waals surface area contributed by atoms with Gasteiger partial charge < -0.3 is 9.84 Å². The molecule has 1 aliphatic rings. The second-order valence-electron chi connectivity index (χ2n) is 5.26. The number of phenols is 1. The van der Waals surface area contributed by atoms with Crippen LogP contribution < -0.4 is 4.74 Å². The van der Waals surface area contributed by atoms with Crippen LogP contribution in [0.4, 0.5) is 5.13 Å². The number of thiazole rings is 1. The number of aromatic nitrogens is 1. The van der Waals surface area contributed by atoms with Gasteiger partial charge in [-0.25, -0.2) is 4.98 Å². The van der Waals surface area contributed by atoms with E-state index in [0.717, 1.165) is 11.3 Å². The Labute approximate surface area is 153 Å². The van der Waals surface area contributed by atoms with Crippen LogP contribution in [0.15, 0.2) is 33.5 Å². The molecule has 0 unspecified atom stereocenters. The van der Waals surface area contributed by atoms with E-state index in [4.69, 9.17) is 4.74 Å². The van der Waals surface area contributed by atoms with Crippen LogP contribution in [-0.4, -0.2) is 39.7 Å². The third kappa shape index (κ3) is 3.69. The molecule has 1 aromatic carbocycles. The highest BCUT2D eigenvalue weighted by atomic mass is 32.2. The topological polar surface area (TPSA) is 75.0 Å². The van der Waals surface area contributed by atoms with Gasteiger partial charge in [0.1, 0.15) is 0 Å². The minimum atomic E-state index is -0.0911. The molecule has 0 spiro atoms. The van der Waals surface area contributed by atoms with Crippen LogP contribution in [0.1, 0.15) is 18.2 Å². The molecule has 0 saturated carbocycles. The lowest BCUT2D eigenvalue weighted by Gasteiger charge is -2.11. The number of nitrogens with zero attached hydrogens (tertiary/aromatic N) is 3. The Morgan fingerprint density at radius 1 is 1.44 bits per heavy atom. The first-order chi connectivity index (χ1) is 12.0. The summed E-state index contributed by atoms with van der Waals surface area (Å²) in [6.45, 7) is 4.35. The number of thioether (sulfide) groups is 1. The van der Waals surface area contributed by atoms with Crippen LogP contribution >= 0.6 is 23.1 Å². The van der Waals surface area contributed by atoms with Crippen molar-refractivity contribution >= 4 is 45.4 Å². The number of hydrogen-bond acceptors (Lipinski definition) is 7. The summed E-state index contributed by atoms with van der Waals surface area (Å²) in [6, 6.07) is 4.96. The number of ether oxygens (including phenoxy) is 1. The van der Waals surface area contributed by atoms with Crippen LogP contribution in [0.25, 0.3) is 6.08 Å². The maximum atomic E-state index is 12.6. The van der Waals surface area contributed by atoms with Crippen molar-refractivity contribution in [3.05, 3.63) is 39.7 Å². The predicted molar refractivity (Wildman–Crippen MR) is 102 cm³/mol. The summed E-state index contributed by atoms with van der Waals surface area (Å²) in [5, 5.41) is 12.9. The molecule has 6 nitrogen and oxygen atoms in total. The minimum Gasteiger partial charge on any atom is -0.504 e. The zero-order chi connectivity index (χ0) is 18.0. The quantitative estimate of drug-likeness (QED) is 0.823. The van der Waals surface area contributed by atoms with E-state index in [1.165, 1.54) is 30.2 Å². The van der Waals surface area contributed by atoms with E-state index in [0.29, 0.717) is 27.5 Å². The van der Waals surface area contributed by atoms with Crippen molar-refractivity contribution in [1.82, 2.24) is 9.88 Å². The van der Waals surface area contributed by atoms with E-state index in [2.05, 4.69) is 9.98 Å². The van der Waals surface area contributed by atoms with E-state index >= 15 is 0 Å². The third-order valence-corrected chi connectivity index (χ3v) is 5.36. The fraction of sp³-hybridized carbons (Fsp3) is 0.235. The summed E-state index contributed by atoms with van der Waals surface area (Å²) in [5.74, 6) is 0.336. The minimum absolute atomic E-state index is 0.0617. The number of amidine groups is 1. The number of likely N-dealkylation sites (N-methyl/N-ethyl adjacent to an activating group) is 1. The number of methoxy groups -OCH3 is 1. The van der Waals surface area contributed by atoms with Gasteiger partial charge >= 0.3 is 0 Å². The number of aryl methyl sites for hydroxylation is 1. The number of carbonyl (C=O) groups is 1. The fourth-order valence-electron chi connectivity index (χ4n) is 2.28. The first-order valence-corrected chi connectivity index (χ1v) is 9.30. The molecule has 130 valence electrons. The predicted octanol–water partition coefficient (Wildman–Crippen LogP) is 3.79. The van der Waals surface area contributed by atoms with Crippen molar-refractivity contribution in [3.63, 3.8) is 0 Å². The average molecular weight is 375 g/mol. The number of aliphatic imine (C=N–C) groups is 1. The van der Waals surface area contributed by atoms with E-state index in [1.807, 2.05) is 19.2 Å². The highest BCUT2D eigenvalue weighted by Crippen LogP contribution is 2.35. The highest BCUT2D eigenvalue weighted by molar-refractivity contribution is 8.18. The summed E-state index contributed by atoms with van der Waals surface area (Å²) in [5.41, 5.74) is 1.68. The molecule has 0 radical (unpaired) electrons. The summed E-state index contributed by atoms with van der Waals surface area (Å²) in [7, 11) is 1.49. The van der Waals surface area contributed by atoms with Crippen LogP contribution in [0.2, 0.25) is 0 Å². The van der Waals surface area contributed by atoms with Crippen molar-refractivity contribution < 1.29 is 14.6 Å². The molecule has 0 aliphatic carbocycles. The Bertz CT molecular complexity index is 874. The lowest BCUT2D eigenvalue weighted by atomic mass is 10.2. The fourth-order valence-corrected chi connectivity index (χ4v) is 4.05. The first kappa shape index (κ1) is 17.5. The molecule has 2 heterocycles. The lowest BCUT2D eigenvalue weighted by molar-refractivity contribution is -0.122. The van der Waals surface area contributed by atoms with Crippen LogP contribution in [0, 0.1) is 6.92 Å². The molecule has 1 aromatic heterocycles. The normalized spacial score (nSPS) is 17.7. The van der Waals surface area contributed by atoms with Crippen molar-refractivity contribution in [2.24, 2.45) is 4.99 Å². The molecule has 0 bridgehead atoms. The maximum Gasteiger partial charge on any atom is 0.266 e. The van der Waals surface area contributed by atoms with E-state index in [1.54, 1.807) is 29.2 Å². The Morgan fingerprint density at radius 3 is 2.88 bits per heavy atom. The molecule has 1 fully saturated rings. The smallest absolute Gasteiger partial charge is 0.266 e. The molecule has 1 amide bonds. The van der Waals surface area contributed by atoms with Gasteiger partial charge in [0.2, 0.25) is 5.13 Å². The zero-order valence-electron chi connectivity index (χ0n) is 14.0. The number of amides is 1. The van der Waals surface area contributed by atoms with Gasteiger partial charge in [-0.2, -0.15) is 4.99 Å². The van der Waals surface area contributed by atoms with Gasteiger partial charge in [0.05, 0.1) is 17.7 Å². The molecular formula is C17H17N3O3S2. The molecule has 1 N–H and O–H groups in total. The van der Waals surface area contributed by atoms with Gasteiger partial charge in [0.15, 0.2) is 16.7 Å². The van der Waals surface area contributed by atoms with E-state index < -0.39 is 0 Å². The van der Waals surface area contributed by atoms with Crippen LogP contribution in [0.5, 0.6) is 11.5 Å². The van der Waals surface area contributed by atoms with Crippen LogP contribution in [-0.2, 0) is 4.79 Å². The van der Waals surface area contributed by atoms with Crippen molar-refractivity contribution in [2.45, 2.75) is 13.8 Å². The Kier molecular flexibility index (Phi) is 5.10. The molecule has 3 rings (SSSR count). The monoisotopic (exact) mass is 375 g/mol. The number of benzene rings is 1. The number of rotatable bonds is 4. The molecule has 0 atom stereocenters. The number of aromatic hydroxyl groups is 1. The molecule has 8 heteroatoms. The summed E-state index contributed by atoms with van der Waals surface area (Å²) in [4.78, 5) is 23.7. The average Bonchev–Trinajstić information content (AvgIpc) is 3.13. The summed E-state index contributed by atoms with van der Waals surface area (Å²) in [6.07, 6.45) is 1.77. The maximum absolute atomic E-state index is 12.6. The van der Waals surface area contributed by atoms with Gasteiger partial charge in [-0.1, -0.05) is 6.07 Å². The lowest BCUT2D eigenvalue weighted by Crippen LogP contribution is -2.28. The molecule has 2 aromatic rings. The Morgan fingerprint density at radius 2 is 2.24 bits per heavy atom. The second kappa shape index (κ2) is 7.28. The van der Waals surface area contributed by atoms with Gasteiger partial charge in [0, 0.05) is 11.9 Å². The highest BCUT2D eigenvalue weighted by Gasteiger charge is 2.32. The van der Waals surface area contributed by atoms with Crippen molar-refractivity contribution in [1.29, 1.82) is 0 Å². The molecule has 1 aliphatic heterocycles. The second-order valence-corrected chi connectivity index (χ2v) is 7.10. The van der Waals surface area contributed by atoms with E-state index in [-0.39, 0.29) is 11.7 Å². The summed E-state index contributed by atoms with van der Waals surface area (Å²) < 4.78 is 5.11. The standard InChI is InChI=1S/C17H17N3O3S2/c1-4-20-15(22)14(8-11-5-6-12(21)13(7-11)23-3)25-17(20)19-16-18-10(2)9-24-16/h5-9,21H,4H2,1-3H3/b14-8-,19-17+. The Hall–Kier alpha value is -2.32. The van der Waals surface area contributed by atoms with Gasteiger partial charge in [-0.15, -0.1) is 11.3 Å². The number of hydrogen-bond donors (Lipinski definition) is 1. The molecular weight excluding hydrogens is 358 g/mol. The number of phenolic OH excluding ortho intramolecular Hbond substituents is 1. The largest absolute Gasteiger partial charge is 0.504 e. The van der Waals surface area contributed by atoms with Gasteiger partial charge in [-0.05, 0) is 49.4 Å².